The van der Waals surface area contributed by atoms with Crippen LogP contribution in [0.15, 0.2) is 36.3 Å². The molecule has 38 heavy (non-hydrogen) atoms. The van der Waals surface area contributed by atoms with Crippen molar-refractivity contribution in [3.63, 3.8) is 0 Å². The van der Waals surface area contributed by atoms with Gasteiger partial charge in [0.2, 0.25) is 0 Å². The minimum absolute atomic E-state index is 0.124. The van der Waals surface area contributed by atoms with E-state index in [0.717, 1.165) is 64.8 Å². The highest BCUT2D eigenvalue weighted by molar-refractivity contribution is 7.73. The number of alkyl carbamates (subject to hydrolysis) is 1. The second-order valence-electron chi connectivity index (χ2n) is 10.1. The fraction of sp³-hybridized carbons (Fsp3) is 0.519. The lowest BCUT2D eigenvalue weighted by atomic mass is 9.86. The van der Waals surface area contributed by atoms with Gasteiger partial charge >= 0.3 is 6.09 Å². The molecule has 1 aliphatic carbocycles. The molecule has 1 aliphatic heterocycles. The lowest BCUT2D eigenvalue weighted by molar-refractivity contribution is 0.109. The van der Waals surface area contributed by atoms with Crippen LogP contribution in [0.2, 0.25) is 0 Å². The average Bonchev–Trinajstić information content (AvgIpc) is 3.37. The van der Waals surface area contributed by atoms with Gasteiger partial charge in [-0.05, 0) is 58.1 Å². The Hall–Kier alpha value is -2.71. The number of carbonyl (C=O) groups excluding carboxylic acids is 1. The summed E-state index contributed by atoms with van der Waals surface area (Å²) in [4.78, 5) is 17.7. The molecule has 4 rings (SSSR count). The summed E-state index contributed by atoms with van der Waals surface area (Å²) in [7, 11) is -2.46. The van der Waals surface area contributed by atoms with Gasteiger partial charge in [-0.3, -0.25) is 0 Å². The van der Waals surface area contributed by atoms with E-state index in [9.17, 15) is 13.8 Å². The van der Waals surface area contributed by atoms with Crippen molar-refractivity contribution in [2.75, 3.05) is 30.9 Å². The van der Waals surface area contributed by atoms with E-state index >= 15 is 0 Å². The lowest BCUT2D eigenvalue weighted by Crippen LogP contribution is -2.38. The van der Waals surface area contributed by atoms with Crippen molar-refractivity contribution in [3.05, 3.63) is 41.3 Å². The van der Waals surface area contributed by atoms with Gasteiger partial charge in [0.05, 0.1) is 21.7 Å². The van der Waals surface area contributed by atoms with Crippen molar-refractivity contribution in [3.8, 4) is 10.4 Å². The molecule has 11 heteroatoms. The molecule has 4 N–H and O–H groups in total. The first-order valence-electron chi connectivity index (χ1n) is 13.2. The van der Waals surface area contributed by atoms with Gasteiger partial charge in [0.1, 0.15) is 13.8 Å². The molecule has 1 amide bonds. The molecule has 206 valence electrons. The SMILES string of the molecule is CC(C)OC(=O)NC1CCC(c2ncc(-c3ccc(N/C(C=N)=C/NCCF)cc3P3(=O)CCC3)s2)CC1. The van der Waals surface area contributed by atoms with Crippen molar-refractivity contribution in [2.24, 2.45) is 0 Å². The van der Waals surface area contributed by atoms with Gasteiger partial charge in [0.15, 0.2) is 0 Å². The first-order valence-corrected chi connectivity index (χ1v) is 16.1. The van der Waals surface area contributed by atoms with Gasteiger partial charge in [-0.25, -0.2) is 14.2 Å². The normalized spacial score (nSPS) is 20.9. The maximum Gasteiger partial charge on any atom is 0.407 e. The molecule has 0 spiro atoms. The molecule has 2 heterocycles. The number of hydrogen-bond donors (Lipinski definition) is 4. The van der Waals surface area contributed by atoms with Gasteiger partial charge in [-0.15, -0.1) is 11.3 Å². The van der Waals surface area contributed by atoms with Crippen LogP contribution in [-0.4, -0.2) is 55.0 Å². The number of allylic oxidation sites excluding steroid dienone is 1. The number of amides is 1. The van der Waals surface area contributed by atoms with E-state index in [1.54, 1.807) is 17.5 Å². The van der Waals surface area contributed by atoms with E-state index < -0.39 is 13.8 Å². The number of aromatic nitrogens is 1. The number of carbonyl (C=O) groups is 1. The van der Waals surface area contributed by atoms with Crippen LogP contribution >= 0.6 is 18.5 Å². The monoisotopic (exact) mass is 561 g/mol. The third-order valence-electron chi connectivity index (χ3n) is 6.95. The zero-order chi connectivity index (χ0) is 27.1. The molecular formula is C27H37FN5O3PS. The first-order chi connectivity index (χ1) is 18.3. The van der Waals surface area contributed by atoms with Gasteiger partial charge < -0.3 is 30.7 Å². The molecule has 8 nitrogen and oxygen atoms in total. The number of benzene rings is 1. The molecule has 1 aromatic heterocycles. The van der Waals surface area contributed by atoms with Gasteiger partial charge in [0, 0.05) is 66.0 Å². The zero-order valence-electron chi connectivity index (χ0n) is 22.0. The highest BCUT2D eigenvalue weighted by Gasteiger charge is 2.35. The molecule has 0 atom stereocenters. The molecule has 0 radical (unpaired) electrons. The van der Waals surface area contributed by atoms with Crippen LogP contribution in [0.1, 0.15) is 56.9 Å². The van der Waals surface area contributed by atoms with Gasteiger partial charge in [-0.1, -0.05) is 6.07 Å². The number of thiazole rings is 1. The van der Waals surface area contributed by atoms with Gasteiger partial charge in [-0.2, -0.15) is 0 Å². The lowest BCUT2D eigenvalue weighted by Gasteiger charge is -2.29. The largest absolute Gasteiger partial charge is 0.447 e. The number of nitrogens with one attached hydrogen (secondary N) is 4. The van der Waals surface area contributed by atoms with Crippen LogP contribution in [0.4, 0.5) is 14.9 Å². The van der Waals surface area contributed by atoms with E-state index in [1.165, 1.54) is 0 Å². The maximum absolute atomic E-state index is 13.7. The fourth-order valence-corrected chi connectivity index (χ4v) is 8.44. The molecule has 2 fully saturated rings. The smallest absolute Gasteiger partial charge is 0.407 e. The topological polar surface area (TPSA) is 116 Å². The Morgan fingerprint density at radius 3 is 2.68 bits per heavy atom. The molecule has 0 unspecified atom stereocenters. The van der Waals surface area contributed by atoms with Crippen LogP contribution in [0.25, 0.3) is 10.4 Å². The number of ether oxygens (including phenoxy) is 1. The van der Waals surface area contributed by atoms with E-state index in [-0.39, 0.29) is 24.8 Å². The molecule has 2 aliphatic rings. The third-order valence-corrected chi connectivity index (χ3v) is 11.5. The standard InChI is InChI=1S/C27H37FN5O3PS/c1-18(2)36-27(34)33-20-6-4-19(5-7-20)26-31-17-25(38-26)23-9-8-21(14-24(23)37(35)12-3-13-37)32-22(15-29)16-30-11-10-28/h8-9,14-20,29-30,32H,3-7,10-13H2,1-2H3,(H,33,34)/b22-16+,29-15?. The summed E-state index contributed by atoms with van der Waals surface area (Å²) in [6.07, 6.45) is 10.2. The van der Waals surface area contributed by atoms with Gasteiger partial charge in [0.25, 0.3) is 0 Å². The second kappa shape index (κ2) is 12.9. The van der Waals surface area contributed by atoms with Crippen molar-refractivity contribution < 1.29 is 18.5 Å². The van der Waals surface area contributed by atoms with Crippen molar-refractivity contribution >= 4 is 41.8 Å². The summed E-state index contributed by atoms with van der Waals surface area (Å²) in [5, 5.41) is 18.6. The van der Waals surface area contributed by atoms with Crippen molar-refractivity contribution in [1.82, 2.24) is 15.6 Å². The summed E-state index contributed by atoms with van der Waals surface area (Å²) >= 11 is 1.66. The number of hydrogen-bond acceptors (Lipinski definition) is 8. The Morgan fingerprint density at radius 1 is 1.29 bits per heavy atom. The summed E-state index contributed by atoms with van der Waals surface area (Å²) in [5.74, 6) is 0.342. The third kappa shape index (κ3) is 7.03. The van der Waals surface area contributed by atoms with E-state index in [2.05, 4.69) is 16.0 Å². The van der Waals surface area contributed by atoms with E-state index in [1.807, 2.05) is 38.2 Å². The summed E-state index contributed by atoms with van der Waals surface area (Å²) in [6, 6.07) is 5.97. The van der Waals surface area contributed by atoms with Crippen LogP contribution in [0.5, 0.6) is 0 Å². The van der Waals surface area contributed by atoms with Crippen LogP contribution < -0.4 is 21.3 Å². The highest BCUT2D eigenvalue weighted by Crippen LogP contribution is 2.56. The van der Waals surface area contributed by atoms with E-state index in [4.69, 9.17) is 15.1 Å². The van der Waals surface area contributed by atoms with Crippen molar-refractivity contribution in [2.45, 2.75) is 64.0 Å². The molecule has 2 aromatic rings. The molecule has 1 aromatic carbocycles. The van der Waals surface area contributed by atoms with Crippen molar-refractivity contribution in [1.29, 1.82) is 5.41 Å². The molecular weight excluding hydrogens is 524 g/mol. The minimum Gasteiger partial charge on any atom is -0.447 e. The summed E-state index contributed by atoms with van der Waals surface area (Å²) < 4.78 is 31.3. The van der Waals surface area contributed by atoms with Crippen LogP contribution in [-0.2, 0) is 9.30 Å². The number of nitrogens with zero attached hydrogens (tertiary/aromatic N) is 1. The van der Waals surface area contributed by atoms with Crippen LogP contribution in [0, 0.1) is 5.41 Å². The molecule has 1 saturated heterocycles. The number of halogens is 1. The zero-order valence-corrected chi connectivity index (χ0v) is 23.7. The Balaban J connectivity index is 1.48. The first kappa shape index (κ1) is 28.3. The number of anilines is 1. The number of alkyl halides is 1. The second-order valence-corrected chi connectivity index (χ2v) is 14.4. The summed E-state index contributed by atoms with van der Waals surface area (Å²) in [6.45, 7) is 3.36. The average molecular weight is 562 g/mol. The minimum atomic E-state index is -2.46. The Labute approximate surface area is 227 Å². The number of rotatable bonds is 11. The Kier molecular flexibility index (Phi) is 9.60. The fourth-order valence-electron chi connectivity index (χ4n) is 4.86. The van der Waals surface area contributed by atoms with E-state index in [0.29, 0.717) is 23.9 Å². The Morgan fingerprint density at radius 2 is 2.05 bits per heavy atom. The predicted molar refractivity (Wildman–Crippen MR) is 153 cm³/mol. The maximum atomic E-state index is 13.7. The molecule has 1 saturated carbocycles. The molecule has 0 bridgehead atoms. The summed E-state index contributed by atoms with van der Waals surface area (Å²) in [5.41, 5.74) is 2.20. The highest BCUT2D eigenvalue weighted by atomic mass is 32.1. The van der Waals surface area contributed by atoms with Crippen LogP contribution in [0.3, 0.4) is 0 Å². The predicted octanol–water partition coefficient (Wildman–Crippen LogP) is 5.82. The quantitative estimate of drug-likeness (QED) is 0.156. The Bertz CT molecular complexity index is 1200.